The molecule has 2 aromatic rings. The number of ether oxygens (including phenoxy) is 3. The number of hydrogen-bond donors (Lipinski definition) is 1. The molecule has 0 unspecified atom stereocenters. The minimum atomic E-state index is -0.451. The van der Waals surface area contributed by atoms with E-state index in [0.29, 0.717) is 24.4 Å². The Morgan fingerprint density at radius 2 is 1.94 bits per heavy atom. The molecule has 2 aromatic carbocycles. The normalized spacial score (nSPS) is 19.6. The molecule has 0 aliphatic carbocycles. The van der Waals surface area contributed by atoms with E-state index in [4.69, 9.17) is 14.2 Å². The third-order valence-electron chi connectivity index (χ3n) is 7.12. The summed E-state index contributed by atoms with van der Waals surface area (Å²) in [6, 6.07) is 13.6. The smallest absolute Gasteiger partial charge is 0.253 e. The van der Waals surface area contributed by atoms with Crippen LogP contribution < -0.4 is 9.47 Å². The van der Waals surface area contributed by atoms with Crippen molar-refractivity contribution >= 4 is 5.91 Å². The lowest BCUT2D eigenvalue weighted by Gasteiger charge is -2.47. The predicted octanol–water partition coefficient (Wildman–Crippen LogP) is 5.13. The Kier molecular flexibility index (Phi) is 6.92. The summed E-state index contributed by atoms with van der Waals surface area (Å²) in [5.41, 5.74) is 1.82. The number of nitrogens with zero attached hydrogens (tertiary/aromatic N) is 1. The van der Waals surface area contributed by atoms with Crippen LogP contribution in [0.25, 0.3) is 0 Å². The second-order valence-corrected chi connectivity index (χ2v) is 10.4. The summed E-state index contributed by atoms with van der Waals surface area (Å²) in [7, 11) is 1.60. The van der Waals surface area contributed by atoms with E-state index >= 15 is 0 Å². The molecule has 1 fully saturated rings. The molecule has 2 aliphatic rings. The number of aliphatic hydroxyl groups excluding tert-OH is 1. The summed E-state index contributed by atoms with van der Waals surface area (Å²) >= 11 is 0. The van der Waals surface area contributed by atoms with Crippen molar-refractivity contribution in [1.29, 1.82) is 0 Å². The zero-order valence-corrected chi connectivity index (χ0v) is 21.0. The first-order valence-electron chi connectivity index (χ1n) is 12.2. The van der Waals surface area contributed by atoms with Crippen LogP contribution in [0.15, 0.2) is 42.5 Å². The summed E-state index contributed by atoms with van der Waals surface area (Å²) in [6.45, 7) is 9.28. The van der Waals surface area contributed by atoms with Crippen LogP contribution in [0, 0.1) is 0 Å². The maximum absolute atomic E-state index is 13.3. The Morgan fingerprint density at radius 3 is 2.59 bits per heavy atom. The van der Waals surface area contributed by atoms with E-state index in [1.54, 1.807) is 13.2 Å². The second-order valence-electron chi connectivity index (χ2n) is 10.4. The largest absolute Gasteiger partial charge is 0.496 e. The third kappa shape index (κ3) is 4.80. The summed E-state index contributed by atoms with van der Waals surface area (Å²) in [4.78, 5) is 15.2. The highest BCUT2D eigenvalue weighted by Crippen LogP contribution is 2.46. The van der Waals surface area contributed by atoms with Crippen LogP contribution >= 0.6 is 0 Å². The average Bonchev–Trinajstić information content (AvgIpc) is 2.83. The quantitative estimate of drug-likeness (QED) is 0.635. The van der Waals surface area contributed by atoms with Gasteiger partial charge in [0.2, 0.25) is 0 Å². The minimum Gasteiger partial charge on any atom is -0.496 e. The van der Waals surface area contributed by atoms with Crippen LogP contribution in [0.1, 0.15) is 76.0 Å². The van der Waals surface area contributed by atoms with Crippen LogP contribution in [0.5, 0.6) is 11.5 Å². The van der Waals surface area contributed by atoms with Crippen LogP contribution in [-0.4, -0.2) is 54.4 Å². The van der Waals surface area contributed by atoms with Crippen molar-refractivity contribution in [3.63, 3.8) is 0 Å². The van der Waals surface area contributed by atoms with E-state index in [0.717, 1.165) is 36.1 Å². The minimum absolute atomic E-state index is 0. The van der Waals surface area contributed by atoms with E-state index in [1.807, 2.05) is 49.1 Å². The molecule has 2 aliphatic heterocycles. The second kappa shape index (κ2) is 9.59. The van der Waals surface area contributed by atoms with Gasteiger partial charge in [0, 0.05) is 55.9 Å². The van der Waals surface area contributed by atoms with Gasteiger partial charge in [-0.1, -0.05) is 38.1 Å². The maximum Gasteiger partial charge on any atom is 0.253 e. The molecule has 0 aromatic heterocycles. The Balaban J connectivity index is 0.00000342. The molecular weight excluding hydrogens is 430 g/mol. The zero-order chi connectivity index (χ0) is 24.5. The summed E-state index contributed by atoms with van der Waals surface area (Å²) in [5.74, 6) is 1.51. The highest BCUT2D eigenvalue weighted by atomic mass is 16.5. The van der Waals surface area contributed by atoms with Gasteiger partial charge in [0.25, 0.3) is 5.91 Å². The van der Waals surface area contributed by atoms with E-state index < -0.39 is 5.41 Å². The number of carbonyl (C=O) groups excluding carboxylic acids is 1. The van der Waals surface area contributed by atoms with Gasteiger partial charge in [-0.2, -0.15) is 0 Å². The van der Waals surface area contributed by atoms with E-state index in [9.17, 15) is 9.90 Å². The van der Waals surface area contributed by atoms with Crippen LogP contribution in [0.4, 0.5) is 0 Å². The van der Waals surface area contributed by atoms with Crippen LogP contribution in [0.3, 0.4) is 0 Å². The molecule has 0 saturated carbocycles. The van der Waals surface area contributed by atoms with Crippen molar-refractivity contribution in [2.45, 2.75) is 70.2 Å². The van der Waals surface area contributed by atoms with E-state index in [-0.39, 0.29) is 31.7 Å². The van der Waals surface area contributed by atoms with E-state index in [2.05, 4.69) is 19.9 Å². The van der Waals surface area contributed by atoms with Crippen molar-refractivity contribution in [1.82, 2.24) is 4.90 Å². The first-order chi connectivity index (χ1) is 16.2. The Labute approximate surface area is 204 Å². The molecule has 6 heteroatoms. The third-order valence-corrected chi connectivity index (χ3v) is 7.12. The number of piperidine rings is 1. The highest BCUT2D eigenvalue weighted by Gasteiger charge is 2.44. The Bertz CT molecular complexity index is 1030. The molecule has 186 valence electrons. The molecule has 1 atom stereocenters. The molecule has 6 nitrogen and oxygen atoms in total. The lowest BCUT2D eigenvalue weighted by molar-refractivity contribution is -0.0872. The van der Waals surface area contributed by atoms with Gasteiger partial charge in [-0.3, -0.25) is 4.79 Å². The zero-order valence-electron chi connectivity index (χ0n) is 21.0. The van der Waals surface area contributed by atoms with Crippen molar-refractivity contribution < 1.29 is 25.5 Å². The summed E-state index contributed by atoms with van der Waals surface area (Å²) in [6.07, 6.45) is 2.45. The van der Waals surface area contributed by atoms with Gasteiger partial charge in [-0.05, 0) is 32.0 Å². The first-order valence-corrected chi connectivity index (χ1v) is 12.2. The van der Waals surface area contributed by atoms with Crippen molar-refractivity contribution in [3.8, 4) is 11.5 Å². The number of methoxy groups -OCH3 is 1. The number of likely N-dealkylation sites (tertiary alicyclic amines) is 1. The molecule has 2 heterocycles. The average molecular weight is 470 g/mol. The number of aliphatic hydroxyl groups is 1. The van der Waals surface area contributed by atoms with Crippen molar-refractivity contribution in [2.75, 3.05) is 26.8 Å². The number of amides is 1. The molecule has 0 bridgehead atoms. The van der Waals surface area contributed by atoms with Gasteiger partial charge >= 0.3 is 0 Å². The SMILES string of the molecule is COc1cc(C(=O)N2CCC3(CC2)C[C@@H](OC(C)C)c2ccccc2O3)ccc1C(C)(C)CO.[HH]. The van der Waals surface area contributed by atoms with Crippen molar-refractivity contribution in [2.24, 2.45) is 0 Å². The number of carbonyl (C=O) groups is 1. The number of rotatable bonds is 6. The van der Waals surface area contributed by atoms with Gasteiger partial charge in [0.1, 0.15) is 17.1 Å². The lowest BCUT2D eigenvalue weighted by Crippen LogP contribution is -2.52. The maximum atomic E-state index is 13.3. The predicted molar refractivity (Wildman–Crippen MR) is 134 cm³/mol. The lowest BCUT2D eigenvalue weighted by atomic mass is 9.81. The van der Waals surface area contributed by atoms with Gasteiger partial charge in [0.05, 0.1) is 25.9 Å². The highest BCUT2D eigenvalue weighted by molar-refractivity contribution is 5.95. The molecule has 1 saturated heterocycles. The first kappa shape index (κ1) is 24.6. The fourth-order valence-electron chi connectivity index (χ4n) is 5.09. The molecule has 1 spiro atoms. The fourth-order valence-corrected chi connectivity index (χ4v) is 5.09. The van der Waals surface area contributed by atoms with Crippen LogP contribution in [0.2, 0.25) is 0 Å². The Hall–Kier alpha value is -2.57. The summed E-state index contributed by atoms with van der Waals surface area (Å²) in [5, 5.41) is 9.75. The summed E-state index contributed by atoms with van der Waals surface area (Å²) < 4.78 is 18.4. The molecule has 1 amide bonds. The van der Waals surface area contributed by atoms with Gasteiger partial charge in [0.15, 0.2) is 0 Å². The molecule has 4 rings (SSSR count). The number of para-hydroxylation sites is 1. The monoisotopic (exact) mass is 469 g/mol. The van der Waals surface area contributed by atoms with Gasteiger partial charge < -0.3 is 24.2 Å². The molecule has 34 heavy (non-hydrogen) atoms. The standard InChI is InChI=1S/C28H37NO5.H2/c1-19(2)33-25-17-28(34-23-9-7-6-8-21(23)25)12-14-29(15-13-28)26(31)20-10-11-22(24(16-20)32-5)27(3,4)18-30;/h6-11,16,19,25,30H,12-15,17-18H2,1-5H3;1H/t25-;/m1./s1. The number of fused-ring (bicyclic) bond motifs is 1. The molecule has 0 radical (unpaired) electrons. The number of benzene rings is 2. The topological polar surface area (TPSA) is 68.2 Å². The number of hydrogen-bond acceptors (Lipinski definition) is 5. The van der Waals surface area contributed by atoms with Gasteiger partial charge in [-0.15, -0.1) is 0 Å². The fraction of sp³-hybridized carbons (Fsp3) is 0.536. The van der Waals surface area contributed by atoms with Crippen molar-refractivity contribution in [3.05, 3.63) is 59.2 Å². The molecule has 1 N–H and O–H groups in total. The molecular formula is C28H39NO5. The van der Waals surface area contributed by atoms with Gasteiger partial charge in [-0.25, -0.2) is 0 Å². The Morgan fingerprint density at radius 1 is 1.24 bits per heavy atom. The van der Waals surface area contributed by atoms with E-state index in [1.165, 1.54) is 0 Å². The van der Waals surface area contributed by atoms with Crippen LogP contribution in [-0.2, 0) is 10.2 Å².